The van der Waals surface area contributed by atoms with Crippen LogP contribution in [0.1, 0.15) is 19.3 Å². The first kappa shape index (κ1) is 11.3. The van der Waals surface area contributed by atoms with Crippen molar-refractivity contribution in [2.75, 3.05) is 13.1 Å². The smallest absolute Gasteiger partial charge is 0.106 e. The number of piperidine rings is 1. The molecule has 0 aromatic rings. The summed E-state index contributed by atoms with van der Waals surface area (Å²) >= 11 is -2.39. The lowest BCUT2D eigenvalue weighted by Gasteiger charge is -2.25. The SMILES string of the molecule is Cl.O=S([O-])ON1CCCCC1. The number of hydroxylamine groups is 2. The standard InChI is InChI=1S/C5H11NO3S.ClH/c7-10(8)9-6-4-2-1-3-5-6;/h1-5H2,(H,7,8);1H/p-1. The molecule has 1 atom stereocenters. The second-order valence-corrected chi connectivity index (χ2v) is 2.83. The van der Waals surface area contributed by atoms with Gasteiger partial charge in [-0.15, -0.1) is 12.4 Å². The summed E-state index contributed by atoms with van der Waals surface area (Å²) < 4.78 is 24.4. The molecule has 1 rings (SSSR count). The molecule has 0 bridgehead atoms. The molecule has 0 aromatic carbocycles. The molecule has 0 aliphatic carbocycles. The van der Waals surface area contributed by atoms with Crippen molar-refractivity contribution in [3.05, 3.63) is 0 Å². The van der Waals surface area contributed by atoms with Gasteiger partial charge in [0.15, 0.2) is 0 Å². The Morgan fingerprint density at radius 2 is 1.82 bits per heavy atom. The summed E-state index contributed by atoms with van der Waals surface area (Å²) in [6, 6.07) is 0. The second-order valence-electron chi connectivity index (χ2n) is 2.27. The molecule has 4 nitrogen and oxygen atoms in total. The normalized spacial score (nSPS) is 22.3. The highest BCUT2D eigenvalue weighted by atomic mass is 35.5. The first-order chi connectivity index (χ1) is 4.79. The molecule has 0 aromatic heterocycles. The first-order valence-electron chi connectivity index (χ1n) is 3.32. The Morgan fingerprint density at radius 3 is 2.27 bits per heavy atom. The van der Waals surface area contributed by atoms with E-state index in [1.165, 1.54) is 11.5 Å². The molecule has 1 saturated heterocycles. The summed E-state index contributed by atoms with van der Waals surface area (Å²) in [5.41, 5.74) is 0. The van der Waals surface area contributed by atoms with Gasteiger partial charge in [-0.1, -0.05) is 6.42 Å². The molecule has 0 spiro atoms. The van der Waals surface area contributed by atoms with Crippen LogP contribution in [0.5, 0.6) is 0 Å². The van der Waals surface area contributed by atoms with Crippen molar-refractivity contribution in [3.63, 3.8) is 0 Å². The maximum Gasteiger partial charge on any atom is 0.106 e. The average Bonchev–Trinajstić information content (AvgIpc) is 1.88. The number of hydrogen-bond acceptors (Lipinski definition) is 4. The zero-order valence-corrected chi connectivity index (χ0v) is 7.66. The molecule has 6 heteroatoms. The Labute approximate surface area is 74.8 Å². The summed E-state index contributed by atoms with van der Waals surface area (Å²) in [6.45, 7) is 1.46. The van der Waals surface area contributed by atoms with E-state index < -0.39 is 11.4 Å². The number of halogens is 1. The van der Waals surface area contributed by atoms with Crippen LogP contribution in [-0.4, -0.2) is 26.9 Å². The van der Waals surface area contributed by atoms with Gasteiger partial charge in [0.05, 0.1) is 0 Å². The molecule has 1 fully saturated rings. The summed E-state index contributed by atoms with van der Waals surface area (Å²) in [5, 5.41) is 1.48. The zero-order valence-electron chi connectivity index (χ0n) is 6.02. The Kier molecular flexibility index (Phi) is 6.08. The van der Waals surface area contributed by atoms with E-state index in [-0.39, 0.29) is 12.4 Å². The Morgan fingerprint density at radius 1 is 1.27 bits per heavy atom. The van der Waals surface area contributed by atoms with Crippen molar-refractivity contribution < 1.29 is 13.0 Å². The fraction of sp³-hybridized carbons (Fsp3) is 1.00. The molecular weight excluding hydrogens is 190 g/mol. The van der Waals surface area contributed by atoms with Gasteiger partial charge >= 0.3 is 0 Å². The lowest BCUT2D eigenvalue weighted by atomic mass is 10.2. The van der Waals surface area contributed by atoms with Crippen LogP contribution in [0.3, 0.4) is 0 Å². The van der Waals surface area contributed by atoms with Crippen molar-refractivity contribution in [2.45, 2.75) is 19.3 Å². The van der Waals surface area contributed by atoms with E-state index in [9.17, 15) is 8.76 Å². The van der Waals surface area contributed by atoms with Crippen molar-refractivity contribution in [3.8, 4) is 0 Å². The predicted molar refractivity (Wildman–Crippen MR) is 42.7 cm³/mol. The molecule has 1 unspecified atom stereocenters. The van der Waals surface area contributed by atoms with Gasteiger partial charge < -0.3 is 4.55 Å². The highest BCUT2D eigenvalue weighted by molar-refractivity contribution is 7.74. The van der Waals surface area contributed by atoms with Gasteiger partial charge in [-0.05, 0) is 12.8 Å². The minimum atomic E-state index is -2.39. The lowest BCUT2D eigenvalue weighted by molar-refractivity contribution is -0.0673. The van der Waals surface area contributed by atoms with E-state index in [2.05, 4.69) is 4.28 Å². The Balaban J connectivity index is 0.000001000. The van der Waals surface area contributed by atoms with Crippen LogP contribution in [0.25, 0.3) is 0 Å². The average molecular weight is 201 g/mol. The molecule has 0 N–H and O–H groups in total. The molecule has 0 saturated carbocycles. The Bertz CT molecular complexity index is 129. The molecule has 0 amide bonds. The van der Waals surface area contributed by atoms with E-state index in [0.29, 0.717) is 0 Å². The molecule has 1 aliphatic heterocycles. The van der Waals surface area contributed by atoms with Gasteiger partial charge in [-0.2, -0.15) is 5.06 Å². The van der Waals surface area contributed by atoms with E-state index >= 15 is 0 Å². The lowest BCUT2D eigenvalue weighted by Crippen LogP contribution is -2.30. The Hall–Kier alpha value is 0.320. The van der Waals surface area contributed by atoms with Gasteiger partial charge in [0.2, 0.25) is 0 Å². The summed E-state index contributed by atoms with van der Waals surface area (Å²) in [7, 11) is 0. The second kappa shape index (κ2) is 5.91. The van der Waals surface area contributed by atoms with E-state index in [4.69, 9.17) is 0 Å². The summed E-state index contributed by atoms with van der Waals surface area (Å²) in [4.78, 5) is 0. The van der Waals surface area contributed by atoms with Crippen LogP contribution in [0.4, 0.5) is 0 Å². The molecule has 68 valence electrons. The predicted octanol–water partition coefficient (Wildman–Crippen LogP) is 0.620. The minimum absolute atomic E-state index is 0. The van der Waals surface area contributed by atoms with E-state index in [1.807, 2.05) is 0 Å². The number of hydrogen-bond donors (Lipinski definition) is 0. The zero-order chi connectivity index (χ0) is 7.40. The first-order valence-corrected chi connectivity index (χ1v) is 4.32. The van der Waals surface area contributed by atoms with Gasteiger partial charge in [0.1, 0.15) is 11.4 Å². The van der Waals surface area contributed by atoms with Gasteiger partial charge in [-0.3, -0.25) is 0 Å². The van der Waals surface area contributed by atoms with E-state index in [0.717, 1.165) is 25.9 Å². The summed E-state index contributed by atoms with van der Waals surface area (Å²) in [6.07, 6.45) is 3.22. The third-order valence-electron chi connectivity index (χ3n) is 1.48. The van der Waals surface area contributed by atoms with Crippen LogP contribution >= 0.6 is 12.4 Å². The largest absolute Gasteiger partial charge is 0.748 e. The van der Waals surface area contributed by atoms with Gasteiger partial charge in [0.25, 0.3) is 0 Å². The summed E-state index contributed by atoms with van der Waals surface area (Å²) in [5.74, 6) is 0. The third-order valence-corrected chi connectivity index (χ3v) is 1.81. The van der Waals surface area contributed by atoms with Crippen LogP contribution in [-0.2, 0) is 15.6 Å². The molecule has 1 aliphatic rings. The highest BCUT2D eigenvalue weighted by Crippen LogP contribution is 2.08. The third kappa shape index (κ3) is 4.71. The number of nitrogens with zero attached hydrogens (tertiary/aromatic N) is 1. The van der Waals surface area contributed by atoms with Crippen LogP contribution in [0.2, 0.25) is 0 Å². The van der Waals surface area contributed by atoms with Crippen molar-refractivity contribution in [2.24, 2.45) is 0 Å². The quantitative estimate of drug-likeness (QED) is 0.614. The van der Waals surface area contributed by atoms with E-state index in [1.54, 1.807) is 0 Å². The monoisotopic (exact) mass is 200 g/mol. The minimum Gasteiger partial charge on any atom is -0.748 e. The fourth-order valence-corrected chi connectivity index (χ4v) is 1.35. The molecule has 11 heavy (non-hydrogen) atoms. The van der Waals surface area contributed by atoms with Crippen molar-refractivity contribution >= 4 is 23.8 Å². The van der Waals surface area contributed by atoms with Gasteiger partial charge in [0, 0.05) is 13.1 Å². The van der Waals surface area contributed by atoms with Gasteiger partial charge in [-0.25, -0.2) is 8.49 Å². The van der Waals surface area contributed by atoms with Crippen LogP contribution in [0.15, 0.2) is 0 Å². The molecular formula is C5H11ClNO3S-. The number of rotatable bonds is 2. The van der Waals surface area contributed by atoms with Crippen LogP contribution in [0, 0.1) is 0 Å². The molecule has 1 heterocycles. The molecule has 0 radical (unpaired) electrons. The van der Waals surface area contributed by atoms with Crippen LogP contribution < -0.4 is 0 Å². The maximum atomic E-state index is 10.0. The fourth-order valence-electron chi connectivity index (χ4n) is 1.03. The maximum absolute atomic E-state index is 10.0. The van der Waals surface area contributed by atoms with Crippen molar-refractivity contribution in [1.82, 2.24) is 5.06 Å². The van der Waals surface area contributed by atoms with Crippen molar-refractivity contribution in [1.29, 1.82) is 0 Å². The topological polar surface area (TPSA) is 52.6 Å². The highest BCUT2D eigenvalue weighted by Gasteiger charge is 2.09.